The third kappa shape index (κ3) is 32.8. The van der Waals surface area contributed by atoms with Crippen molar-refractivity contribution in [1.29, 1.82) is 0 Å². The molecule has 0 saturated carbocycles. The van der Waals surface area contributed by atoms with E-state index in [1.165, 1.54) is 161 Å². The molecule has 0 saturated heterocycles. The van der Waals surface area contributed by atoms with Gasteiger partial charge in [-0.1, -0.05) is 218 Å². The summed E-state index contributed by atoms with van der Waals surface area (Å²) in [5.41, 5.74) is 0.930. The normalized spacial score (nSPS) is 11.7. The van der Waals surface area contributed by atoms with E-state index in [4.69, 9.17) is 4.74 Å². The second kappa shape index (κ2) is 38.7. The van der Waals surface area contributed by atoms with Crippen LogP contribution in [-0.4, -0.2) is 37.0 Å². The Balaban J connectivity index is 2.20. The first-order valence-electron chi connectivity index (χ1n) is 23.1. The molecule has 0 bridgehead atoms. The van der Waals surface area contributed by atoms with E-state index in [1.54, 1.807) is 0 Å². The van der Waals surface area contributed by atoms with Gasteiger partial charge in [-0.15, -0.1) is 0 Å². The van der Waals surface area contributed by atoms with Gasteiger partial charge >= 0.3 is 6.09 Å². The van der Waals surface area contributed by atoms with Gasteiger partial charge in [-0.3, -0.25) is 9.59 Å². The Morgan fingerprint density at radius 3 is 1.37 bits per heavy atom. The Hall–Kier alpha value is -2.57. The number of nitrogens with one attached hydrogen (secondary N) is 3. The van der Waals surface area contributed by atoms with E-state index >= 15 is 0 Å². The molecule has 0 heterocycles. The molecule has 1 aromatic carbocycles. The van der Waals surface area contributed by atoms with Crippen LogP contribution in [0.3, 0.4) is 0 Å². The molecular weight excluding hydrogens is 671 g/mol. The highest BCUT2D eigenvalue weighted by atomic mass is 16.5. The quantitative estimate of drug-likeness (QED) is 0.0583. The lowest BCUT2D eigenvalue weighted by molar-refractivity contribution is -0.129. The van der Waals surface area contributed by atoms with Crippen molar-refractivity contribution in [2.45, 2.75) is 232 Å². The molecule has 7 heteroatoms. The molecule has 0 aromatic heterocycles. The van der Waals surface area contributed by atoms with Crippen molar-refractivity contribution >= 4 is 17.9 Å². The van der Waals surface area contributed by atoms with Gasteiger partial charge in [0.05, 0.1) is 0 Å². The van der Waals surface area contributed by atoms with Gasteiger partial charge in [-0.2, -0.15) is 0 Å². The van der Waals surface area contributed by atoms with Crippen LogP contribution in [0.15, 0.2) is 30.3 Å². The van der Waals surface area contributed by atoms with E-state index in [0.717, 1.165) is 31.2 Å². The number of hydrogen-bond acceptors (Lipinski definition) is 4. The van der Waals surface area contributed by atoms with Crippen molar-refractivity contribution in [3.63, 3.8) is 0 Å². The molecule has 1 aromatic rings. The summed E-state index contributed by atoms with van der Waals surface area (Å²) in [5, 5.41) is 8.85. The van der Waals surface area contributed by atoms with Crippen LogP contribution in [0.5, 0.6) is 0 Å². The number of carbonyl (C=O) groups excluding carboxylic acids is 3. The van der Waals surface area contributed by atoms with E-state index in [9.17, 15) is 14.4 Å². The molecule has 1 unspecified atom stereocenters. The highest BCUT2D eigenvalue weighted by Crippen LogP contribution is 2.15. The zero-order valence-electron chi connectivity index (χ0n) is 35.3. The van der Waals surface area contributed by atoms with Gasteiger partial charge in [0.15, 0.2) is 0 Å². The highest BCUT2D eigenvalue weighted by Gasteiger charge is 2.20. The summed E-state index contributed by atoms with van der Waals surface area (Å²) in [5.74, 6) is -0.185. The number of amides is 3. The molecule has 0 aliphatic rings. The Bertz CT molecular complexity index is 988. The number of hydrogen-bond donors (Lipinski definition) is 3. The molecule has 7 nitrogen and oxygen atoms in total. The number of rotatable bonds is 39. The summed E-state index contributed by atoms with van der Waals surface area (Å²) in [6.45, 7) is 5.76. The van der Waals surface area contributed by atoms with Crippen LogP contribution in [-0.2, 0) is 20.9 Å². The fourth-order valence-corrected chi connectivity index (χ4v) is 7.12. The van der Waals surface area contributed by atoms with Gasteiger partial charge in [0, 0.05) is 19.5 Å². The Morgan fingerprint density at radius 2 is 0.907 bits per heavy atom. The van der Waals surface area contributed by atoms with Crippen molar-refractivity contribution in [1.82, 2.24) is 16.0 Å². The lowest BCUT2D eigenvalue weighted by Gasteiger charge is -2.19. The fraction of sp³-hybridized carbons (Fsp3) is 0.809. The zero-order valence-corrected chi connectivity index (χ0v) is 35.3. The first kappa shape index (κ1) is 49.4. The number of ether oxygens (including phenoxy) is 1. The van der Waals surface area contributed by atoms with Crippen LogP contribution < -0.4 is 16.0 Å². The molecule has 1 atom stereocenters. The standard InChI is InChI=1S/C47H85N3O4/c1-3-5-7-9-11-13-15-16-17-18-19-20-21-22-23-24-26-28-33-39-45(51)50-44(38-35-41-49-47(53)54-42-43-36-31-30-32-37-43)46(52)48-40-34-29-27-25-14-12-10-8-6-4-2/h30-32,36-37,44H,3-29,33-35,38-42H2,1-2H3,(H,48,52)(H,49,53)(H,50,51). The van der Waals surface area contributed by atoms with E-state index < -0.39 is 12.1 Å². The molecule has 0 radical (unpaired) electrons. The lowest BCUT2D eigenvalue weighted by Crippen LogP contribution is -2.47. The van der Waals surface area contributed by atoms with Crippen LogP contribution in [0.1, 0.15) is 225 Å². The monoisotopic (exact) mass is 756 g/mol. The summed E-state index contributed by atoms with van der Waals surface area (Å²) >= 11 is 0. The smallest absolute Gasteiger partial charge is 0.407 e. The van der Waals surface area contributed by atoms with E-state index in [1.807, 2.05) is 30.3 Å². The number of alkyl carbamates (subject to hydrolysis) is 1. The third-order valence-electron chi connectivity index (χ3n) is 10.6. The van der Waals surface area contributed by atoms with Gasteiger partial charge in [0.2, 0.25) is 11.8 Å². The molecule has 1 rings (SSSR count). The summed E-state index contributed by atoms with van der Waals surface area (Å²) < 4.78 is 5.30. The average molecular weight is 756 g/mol. The molecule has 0 aliphatic heterocycles. The van der Waals surface area contributed by atoms with Gasteiger partial charge in [-0.05, 0) is 31.2 Å². The van der Waals surface area contributed by atoms with Crippen molar-refractivity contribution < 1.29 is 19.1 Å². The summed E-state index contributed by atoms with van der Waals surface area (Å²) in [6.07, 6.45) is 38.7. The first-order chi connectivity index (χ1) is 26.6. The molecule has 54 heavy (non-hydrogen) atoms. The summed E-state index contributed by atoms with van der Waals surface area (Å²) in [6, 6.07) is 8.98. The maximum absolute atomic E-state index is 13.1. The molecule has 312 valence electrons. The van der Waals surface area contributed by atoms with Crippen molar-refractivity contribution in [2.75, 3.05) is 13.1 Å². The van der Waals surface area contributed by atoms with Crippen LogP contribution in [0.2, 0.25) is 0 Å². The van der Waals surface area contributed by atoms with Crippen LogP contribution in [0, 0.1) is 0 Å². The van der Waals surface area contributed by atoms with Gasteiger partial charge in [-0.25, -0.2) is 4.79 Å². The zero-order chi connectivity index (χ0) is 39.0. The van der Waals surface area contributed by atoms with Crippen molar-refractivity contribution in [3.05, 3.63) is 35.9 Å². The molecule has 3 N–H and O–H groups in total. The predicted octanol–water partition coefficient (Wildman–Crippen LogP) is 13.0. The topological polar surface area (TPSA) is 96.5 Å². The minimum Gasteiger partial charge on any atom is -0.445 e. The largest absolute Gasteiger partial charge is 0.445 e. The number of benzene rings is 1. The van der Waals surface area contributed by atoms with Crippen LogP contribution >= 0.6 is 0 Å². The maximum atomic E-state index is 13.1. The maximum Gasteiger partial charge on any atom is 0.407 e. The number of carbonyl (C=O) groups is 3. The first-order valence-corrected chi connectivity index (χ1v) is 23.1. The SMILES string of the molecule is CCCCCCCCCCCCCCCCCCCCCC(=O)NC(CCCNC(=O)OCc1ccccc1)C(=O)NCCCCCCCCCCCC. The Morgan fingerprint density at radius 1 is 0.500 bits per heavy atom. The molecule has 3 amide bonds. The van der Waals surface area contributed by atoms with Crippen LogP contribution in [0.4, 0.5) is 4.79 Å². The molecular formula is C47H85N3O4. The van der Waals surface area contributed by atoms with Crippen molar-refractivity contribution in [2.24, 2.45) is 0 Å². The van der Waals surface area contributed by atoms with E-state index in [-0.39, 0.29) is 18.4 Å². The predicted molar refractivity (Wildman–Crippen MR) is 229 cm³/mol. The van der Waals surface area contributed by atoms with E-state index in [0.29, 0.717) is 32.4 Å². The minimum atomic E-state index is -0.594. The van der Waals surface area contributed by atoms with Gasteiger partial charge < -0.3 is 20.7 Å². The molecule has 0 fully saturated rings. The van der Waals surface area contributed by atoms with Gasteiger partial charge in [0.1, 0.15) is 12.6 Å². The van der Waals surface area contributed by atoms with E-state index in [2.05, 4.69) is 29.8 Å². The Kier molecular flexibility index (Phi) is 35.4. The fourth-order valence-electron chi connectivity index (χ4n) is 7.12. The van der Waals surface area contributed by atoms with Crippen LogP contribution in [0.25, 0.3) is 0 Å². The minimum absolute atomic E-state index is 0.0590. The third-order valence-corrected chi connectivity index (χ3v) is 10.6. The summed E-state index contributed by atoms with van der Waals surface area (Å²) in [7, 11) is 0. The highest BCUT2D eigenvalue weighted by molar-refractivity contribution is 5.87. The Labute approximate surface area is 333 Å². The average Bonchev–Trinajstić information content (AvgIpc) is 3.18. The summed E-state index contributed by atoms with van der Waals surface area (Å²) in [4.78, 5) is 38.2. The second-order valence-electron chi connectivity index (χ2n) is 15.8. The van der Waals surface area contributed by atoms with Gasteiger partial charge in [0.25, 0.3) is 0 Å². The van der Waals surface area contributed by atoms with Crippen molar-refractivity contribution in [3.8, 4) is 0 Å². The second-order valence-corrected chi connectivity index (χ2v) is 15.8. The lowest BCUT2D eigenvalue weighted by atomic mass is 10.0. The number of unbranched alkanes of at least 4 members (excludes halogenated alkanes) is 27. The molecule has 0 aliphatic carbocycles. The molecule has 0 spiro atoms.